The van der Waals surface area contributed by atoms with Crippen molar-refractivity contribution >= 4 is 24.0 Å². The van der Waals surface area contributed by atoms with Crippen LogP contribution in [0.1, 0.15) is 47.7 Å². The minimum Gasteiger partial charge on any atom is -0.326 e. The summed E-state index contributed by atoms with van der Waals surface area (Å²) in [6.45, 7) is 4.96. The number of hydrogen-bond donors (Lipinski definition) is 2. The first-order chi connectivity index (χ1) is 12.2. The Morgan fingerprint density at radius 2 is 1.73 bits per heavy atom. The largest absolute Gasteiger partial charge is 0.326 e. The normalized spacial score (nSPS) is 17.4. The summed E-state index contributed by atoms with van der Waals surface area (Å²) in [6.07, 6.45) is 3.92. The van der Waals surface area contributed by atoms with E-state index in [4.69, 9.17) is 5.73 Å². The van der Waals surface area contributed by atoms with Gasteiger partial charge in [-0.15, -0.1) is 12.4 Å². The molecule has 2 aromatic carbocycles. The van der Waals surface area contributed by atoms with Crippen molar-refractivity contribution in [3.05, 3.63) is 65.2 Å². The van der Waals surface area contributed by atoms with E-state index in [9.17, 15) is 4.79 Å². The molecular weight excluding hydrogens is 346 g/mol. The molecule has 5 heteroatoms. The molecule has 1 fully saturated rings. The number of halogens is 1. The SMILES string of the molecule is CC1CCCCN1Cc1ccc(NC(=O)c2ccc(CN)cc2)cc1.Cl. The van der Waals surface area contributed by atoms with E-state index in [1.54, 1.807) is 0 Å². The molecule has 0 spiro atoms. The lowest BCUT2D eigenvalue weighted by Crippen LogP contribution is -2.36. The molecular formula is C21H28ClN3O. The lowest BCUT2D eigenvalue weighted by atomic mass is 10.0. The van der Waals surface area contributed by atoms with Crippen LogP contribution in [-0.2, 0) is 13.1 Å². The van der Waals surface area contributed by atoms with Gasteiger partial charge in [-0.05, 0) is 61.7 Å². The van der Waals surface area contributed by atoms with Crippen molar-refractivity contribution in [1.29, 1.82) is 0 Å². The smallest absolute Gasteiger partial charge is 0.255 e. The van der Waals surface area contributed by atoms with Crippen LogP contribution in [0.4, 0.5) is 5.69 Å². The number of rotatable bonds is 5. The molecule has 2 aromatic rings. The quantitative estimate of drug-likeness (QED) is 0.825. The molecule has 0 saturated carbocycles. The van der Waals surface area contributed by atoms with Crippen LogP contribution in [0.25, 0.3) is 0 Å². The van der Waals surface area contributed by atoms with Crippen molar-refractivity contribution < 1.29 is 4.79 Å². The highest BCUT2D eigenvalue weighted by Crippen LogP contribution is 2.20. The van der Waals surface area contributed by atoms with E-state index in [-0.39, 0.29) is 18.3 Å². The maximum absolute atomic E-state index is 12.3. The number of nitrogens with one attached hydrogen (secondary N) is 1. The topological polar surface area (TPSA) is 58.4 Å². The molecule has 1 atom stereocenters. The lowest BCUT2D eigenvalue weighted by molar-refractivity contribution is 0.102. The molecule has 0 aliphatic carbocycles. The Morgan fingerprint density at radius 3 is 2.35 bits per heavy atom. The molecule has 140 valence electrons. The maximum atomic E-state index is 12.3. The average molecular weight is 374 g/mol. The molecule has 0 aromatic heterocycles. The van der Waals surface area contributed by atoms with Gasteiger partial charge in [-0.3, -0.25) is 9.69 Å². The number of carbonyl (C=O) groups is 1. The zero-order valence-electron chi connectivity index (χ0n) is 15.3. The van der Waals surface area contributed by atoms with Crippen molar-refractivity contribution in [1.82, 2.24) is 4.90 Å². The first-order valence-corrected chi connectivity index (χ1v) is 9.09. The van der Waals surface area contributed by atoms with E-state index in [0.29, 0.717) is 18.2 Å². The Bertz CT molecular complexity index is 700. The van der Waals surface area contributed by atoms with Gasteiger partial charge >= 0.3 is 0 Å². The van der Waals surface area contributed by atoms with Crippen LogP contribution in [0.5, 0.6) is 0 Å². The van der Waals surface area contributed by atoms with Gasteiger partial charge in [0.1, 0.15) is 0 Å². The van der Waals surface area contributed by atoms with E-state index in [2.05, 4.69) is 29.3 Å². The minimum atomic E-state index is -0.0963. The Labute approximate surface area is 162 Å². The van der Waals surface area contributed by atoms with Gasteiger partial charge in [0, 0.05) is 30.4 Å². The van der Waals surface area contributed by atoms with E-state index < -0.39 is 0 Å². The summed E-state index contributed by atoms with van der Waals surface area (Å²) in [6, 6.07) is 16.2. The zero-order chi connectivity index (χ0) is 17.6. The van der Waals surface area contributed by atoms with E-state index in [0.717, 1.165) is 17.8 Å². The minimum absolute atomic E-state index is 0. The van der Waals surface area contributed by atoms with Crippen LogP contribution < -0.4 is 11.1 Å². The van der Waals surface area contributed by atoms with Gasteiger partial charge in [0.25, 0.3) is 5.91 Å². The predicted octanol–water partition coefficient (Wildman–Crippen LogP) is 4.19. The fourth-order valence-corrected chi connectivity index (χ4v) is 3.32. The van der Waals surface area contributed by atoms with Gasteiger partial charge in [-0.1, -0.05) is 30.7 Å². The summed E-state index contributed by atoms with van der Waals surface area (Å²) in [5, 5.41) is 2.95. The van der Waals surface area contributed by atoms with Crippen molar-refractivity contribution in [3.8, 4) is 0 Å². The van der Waals surface area contributed by atoms with Crippen LogP contribution in [-0.4, -0.2) is 23.4 Å². The van der Waals surface area contributed by atoms with E-state index in [1.807, 2.05) is 36.4 Å². The highest BCUT2D eigenvalue weighted by Gasteiger charge is 2.18. The van der Waals surface area contributed by atoms with E-state index in [1.165, 1.54) is 31.4 Å². The van der Waals surface area contributed by atoms with Crippen molar-refractivity contribution in [2.24, 2.45) is 5.73 Å². The zero-order valence-corrected chi connectivity index (χ0v) is 16.1. The molecule has 4 nitrogen and oxygen atoms in total. The number of nitrogens with two attached hydrogens (primary N) is 1. The molecule has 1 saturated heterocycles. The number of benzene rings is 2. The molecule has 0 radical (unpaired) electrons. The average Bonchev–Trinajstić information content (AvgIpc) is 2.65. The number of piperidine rings is 1. The summed E-state index contributed by atoms with van der Waals surface area (Å²) < 4.78 is 0. The Hall–Kier alpha value is -1.88. The second-order valence-corrected chi connectivity index (χ2v) is 6.87. The highest BCUT2D eigenvalue weighted by molar-refractivity contribution is 6.04. The van der Waals surface area contributed by atoms with Crippen molar-refractivity contribution in [2.75, 3.05) is 11.9 Å². The second-order valence-electron chi connectivity index (χ2n) is 6.87. The maximum Gasteiger partial charge on any atom is 0.255 e. The molecule has 1 aliphatic rings. The number of carbonyl (C=O) groups excluding carboxylic acids is 1. The van der Waals surface area contributed by atoms with Crippen LogP contribution in [0.2, 0.25) is 0 Å². The molecule has 1 heterocycles. The number of anilines is 1. The fraction of sp³-hybridized carbons (Fsp3) is 0.381. The predicted molar refractivity (Wildman–Crippen MR) is 110 cm³/mol. The Balaban J connectivity index is 0.00000243. The first kappa shape index (κ1) is 20.4. The van der Waals surface area contributed by atoms with Crippen molar-refractivity contribution in [3.63, 3.8) is 0 Å². The van der Waals surface area contributed by atoms with Gasteiger partial charge in [0.15, 0.2) is 0 Å². The fourth-order valence-electron chi connectivity index (χ4n) is 3.32. The molecule has 1 amide bonds. The molecule has 1 aliphatic heterocycles. The summed E-state index contributed by atoms with van der Waals surface area (Å²) >= 11 is 0. The van der Waals surface area contributed by atoms with Crippen LogP contribution in [0.15, 0.2) is 48.5 Å². The molecule has 0 bridgehead atoms. The van der Waals surface area contributed by atoms with Crippen LogP contribution in [0.3, 0.4) is 0 Å². The summed E-state index contributed by atoms with van der Waals surface area (Å²) in [5.41, 5.74) is 9.36. The number of amides is 1. The highest BCUT2D eigenvalue weighted by atomic mass is 35.5. The number of likely N-dealkylation sites (tertiary alicyclic amines) is 1. The van der Waals surface area contributed by atoms with Gasteiger partial charge in [-0.2, -0.15) is 0 Å². The Morgan fingerprint density at radius 1 is 1.08 bits per heavy atom. The summed E-state index contributed by atoms with van der Waals surface area (Å²) in [7, 11) is 0. The van der Waals surface area contributed by atoms with Crippen LogP contribution in [0, 0.1) is 0 Å². The molecule has 1 unspecified atom stereocenters. The summed E-state index contributed by atoms with van der Waals surface area (Å²) in [5.74, 6) is -0.0963. The number of hydrogen-bond acceptors (Lipinski definition) is 3. The third-order valence-electron chi connectivity index (χ3n) is 4.99. The monoisotopic (exact) mass is 373 g/mol. The third kappa shape index (κ3) is 5.31. The van der Waals surface area contributed by atoms with E-state index >= 15 is 0 Å². The second kappa shape index (κ2) is 9.72. The van der Waals surface area contributed by atoms with Gasteiger partial charge in [0.05, 0.1) is 0 Å². The number of nitrogens with zero attached hydrogens (tertiary/aromatic N) is 1. The first-order valence-electron chi connectivity index (χ1n) is 9.09. The molecule has 3 rings (SSSR count). The third-order valence-corrected chi connectivity index (χ3v) is 4.99. The Kier molecular flexibility index (Phi) is 7.64. The molecule has 26 heavy (non-hydrogen) atoms. The standard InChI is InChI=1S/C21H27N3O.ClH/c1-16-4-2-3-13-24(16)15-18-7-11-20(12-8-18)23-21(25)19-9-5-17(14-22)6-10-19;/h5-12,16H,2-4,13-15,22H2,1H3,(H,23,25);1H. The lowest BCUT2D eigenvalue weighted by Gasteiger charge is -2.33. The van der Waals surface area contributed by atoms with Gasteiger partial charge in [0.2, 0.25) is 0 Å². The van der Waals surface area contributed by atoms with Gasteiger partial charge < -0.3 is 11.1 Å². The van der Waals surface area contributed by atoms with Crippen molar-refractivity contribution in [2.45, 2.75) is 45.3 Å². The molecule has 3 N–H and O–H groups in total. The van der Waals surface area contributed by atoms with Crippen LogP contribution >= 0.6 is 12.4 Å². The van der Waals surface area contributed by atoms with Gasteiger partial charge in [-0.25, -0.2) is 0 Å². The summed E-state index contributed by atoms with van der Waals surface area (Å²) in [4.78, 5) is 14.8.